The van der Waals surface area contributed by atoms with E-state index in [0.717, 1.165) is 20.9 Å². The Morgan fingerprint density at radius 3 is 2.88 bits per heavy atom. The number of aromatic nitrogens is 1. The molecule has 1 aromatic carbocycles. The predicted octanol–water partition coefficient (Wildman–Crippen LogP) is 2.05. The molecule has 2 aromatic rings. The molecule has 0 unspecified atom stereocenters. The van der Waals surface area contributed by atoms with Crippen LogP contribution in [0.4, 0.5) is 5.69 Å². The molecular weight excluding hydrogens is 346 g/mol. The Hall–Kier alpha value is -1.67. The second-order valence-corrected chi connectivity index (χ2v) is 9.75. The van der Waals surface area contributed by atoms with Gasteiger partial charge in [0.2, 0.25) is 5.91 Å². The number of anilines is 1. The second-order valence-electron chi connectivity index (χ2n) is 6.29. The largest absolute Gasteiger partial charge is 0.374 e. The molecule has 8 heteroatoms. The molecule has 1 saturated heterocycles. The molecule has 0 radical (unpaired) electrons. The van der Waals surface area contributed by atoms with Crippen LogP contribution in [0.2, 0.25) is 0 Å². The highest BCUT2D eigenvalue weighted by atomic mass is 32.2. The summed E-state index contributed by atoms with van der Waals surface area (Å²) in [6.45, 7) is 3.76. The maximum Gasteiger partial charge on any atom is 0.244 e. The van der Waals surface area contributed by atoms with Crippen LogP contribution in [-0.4, -0.2) is 54.8 Å². The molecule has 1 fully saturated rings. The van der Waals surface area contributed by atoms with Gasteiger partial charge in [-0.25, -0.2) is 13.4 Å². The van der Waals surface area contributed by atoms with Crippen molar-refractivity contribution in [2.24, 2.45) is 0 Å². The van der Waals surface area contributed by atoms with Gasteiger partial charge in [-0.15, -0.1) is 11.3 Å². The molecule has 0 saturated carbocycles. The van der Waals surface area contributed by atoms with Gasteiger partial charge in [0.05, 0.1) is 26.7 Å². The number of thiazole rings is 1. The zero-order valence-corrected chi connectivity index (χ0v) is 15.6. The highest BCUT2D eigenvalue weighted by Gasteiger charge is 2.34. The van der Waals surface area contributed by atoms with E-state index in [9.17, 15) is 13.2 Å². The standard InChI is InChI=1S/C16H21N3O3S2/c1-10(16(20)19(3)13-6-7-24(21,22)9-13)17-12-4-5-14-15(8-12)23-11(2)18-14/h4-5,8,10,13,17H,6-7,9H2,1-3H3/t10-,13-/m0/s1. The number of hydrogen-bond donors (Lipinski definition) is 1. The van der Waals surface area contributed by atoms with Gasteiger partial charge >= 0.3 is 0 Å². The Balaban J connectivity index is 1.68. The third kappa shape index (κ3) is 3.54. The first-order valence-corrected chi connectivity index (χ1v) is 10.5. The van der Waals surface area contributed by atoms with E-state index in [2.05, 4.69) is 10.3 Å². The topological polar surface area (TPSA) is 79.4 Å². The zero-order valence-electron chi connectivity index (χ0n) is 13.9. The zero-order chi connectivity index (χ0) is 17.5. The molecule has 1 amide bonds. The fourth-order valence-corrected chi connectivity index (χ4v) is 5.65. The molecule has 1 N–H and O–H groups in total. The molecule has 1 aromatic heterocycles. The molecule has 1 aliphatic rings. The van der Waals surface area contributed by atoms with Gasteiger partial charge in [0.15, 0.2) is 9.84 Å². The number of hydrogen-bond acceptors (Lipinski definition) is 6. The maximum absolute atomic E-state index is 12.6. The Bertz CT molecular complexity index is 876. The van der Waals surface area contributed by atoms with Gasteiger partial charge < -0.3 is 10.2 Å². The number of carbonyl (C=O) groups is 1. The van der Waals surface area contributed by atoms with E-state index in [1.54, 1.807) is 30.2 Å². The number of likely N-dealkylation sites (N-methyl/N-ethyl adjacent to an activating group) is 1. The monoisotopic (exact) mass is 367 g/mol. The number of amides is 1. The summed E-state index contributed by atoms with van der Waals surface area (Å²) in [5.41, 5.74) is 1.81. The third-order valence-electron chi connectivity index (χ3n) is 4.35. The minimum atomic E-state index is -3.00. The van der Waals surface area contributed by atoms with Gasteiger partial charge in [-0.05, 0) is 38.5 Å². The van der Waals surface area contributed by atoms with Gasteiger partial charge in [0.25, 0.3) is 0 Å². The van der Waals surface area contributed by atoms with Crippen LogP contribution in [0.15, 0.2) is 18.2 Å². The van der Waals surface area contributed by atoms with E-state index in [0.29, 0.717) is 6.42 Å². The molecule has 0 aliphatic carbocycles. The van der Waals surface area contributed by atoms with Crippen LogP contribution in [0.3, 0.4) is 0 Å². The first-order chi connectivity index (χ1) is 11.2. The minimum Gasteiger partial charge on any atom is -0.374 e. The van der Waals surface area contributed by atoms with E-state index in [1.807, 2.05) is 25.1 Å². The lowest BCUT2D eigenvalue weighted by Crippen LogP contribution is -2.45. The quantitative estimate of drug-likeness (QED) is 0.895. The molecule has 6 nitrogen and oxygen atoms in total. The lowest BCUT2D eigenvalue weighted by molar-refractivity contribution is -0.132. The number of rotatable bonds is 4. The summed E-state index contributed by atoms with van der Waals surface area (Å²) in [7, 11) is -1.32. The number of benzene rings is 1. The number of carbonyl (C=O) groups excluding carboxylic acids is 1. The van der Waals surface area contributed by atoms with Gasteiger partial charge in [-0.3, -0.25) is 4.79 Å². The average Bonchev–Trinajstić information content (AvgIpc) is 3.06. The minimum absolute atomic E-state index is 0.0636. The van der Waals surface area contributed by atoms with Crippen molar-refractivity contribution >= 4 is 43.0 Å². The van der Waals surface area contributed by atoms with E-state index < -0.39 is 15.9 Å². The number of sulfone groups is 1. The van der Waals surface area contributed by atoms with Crippen LogP contribution in [0, 0.1) is 6.92 Å². The molecule has 0 bridgehead atoms. The van der Waals surface area contributed by atoms with Gasteiger partial charge in [0.1, 0.15) is 6.04 Å². The van der Waals surface area contributed by atoms with Crippen LogP contribution < -0.4 is 5.32 Å². The number of nitrogens with one attached hydrogen (secondary N) is 1. The smallest absolute Gasteiger partial charge is 0.244 e. The highest BCUT2D eigenvalue weighted by Crippen LogP contribution is 2.25. The summed E-state index contributed by atoms with van der Waals surface area (Å²) in [5.74, 6) is 0.129. The van der Waals surface area contributed by atoms with E-state index in [4.69, 9.17) is 0 Å². The van der Waals surface area contributed by atoms with Gasteiger partial charge in [0, 0.05) is 18.8 Å². The van der Waals surface area contributed by atoms with E-state index >= 15 is 0 Å². The molecule has 1 aliphatic heterocycles. The van der Waals surface area contributed by atoms with Crippen LogP contribution in [0.25, 0.3) is 10.2 Å². The first kappa shape index (κ1) is 17.2. The molecular formula is C16H21N3O3S2. The summed E-state index contributed by atoms with van der Waals surface area (Å²) in [6, 6.07) is 5.18. The Morgan fingerprint density at radius 2 is 2.21 bits per heavy atom. The van der Waals surface area contributed by atoms with Crippen LogP contribution in [0.1, 0.15) is 18.4 Å². The summed E-state index contributed by atoms with van der Waals surface area (Å²) < 4.78 is 24.3. The average molecular weight is 367 g/mol. The van der Waals surface area contributed by atoms with Crippen molar-refractivity contribution < 1.29 is 13.2 Å². The molecule has 3 rings (SSSR count). The Kier molecular flexibility index (Phi) is 4.52. The van der Waals surface area contributed by atoms with E-state index in [-0.39, 0.29) is 23.5 Å². The Morgan fingerprint density at radius 1 is 1.46 bits per heavy atom. The lowest BCUT2D eigenvalue weighted by atomic mass is 10.2. The molecule has 2 heterocycles. The van der Waals surface area contributed by atoms with Crippen LogP contribution in [-0.2, 0) is 14.6 Å². The van der Waals surface area contributed by atoms with Gasteiger partial charge in [-0.1, -0.05) is 0 Å². The van der Waals surface area contributed by atoms with Crippen molar-refractivity contribution in [3.05, 3.63) is 23.2 Å². The van der Waals surface area contributed by atoms with Crippen LogP contribution >= 0.6 is 11.3 Å². The fourth-order valence-electron chi connectivity index (χ4n) is 3.01. The number of nitrogens with zero attached hydrogens (tertiary/aromatic N) is 2. The lowest BCUT2D eigenvalue weighted by Gasteiger charge is -2.27. The van der Waals surface area contributed by atoms with Crippen molar-refractivity contribution in [1.29, 1.82) is 0 Å². The Labute approximate surface area is 145 Å². The van der Waals surface area contributed by atoms with E-state index in [1.165, 1.54) is 0 Å². The van der Waals surface area contributed by atoms with Crippen molar-refractivity contribution in [3.63, 3.8) is 0 Å². The summed E-state index contributed by atoms with van der Waals surface area (Å²) in [6.07, 6.45) is 0.517. The fraction of sp³-hybridized carbons (Fsp3) is 0.500. The van der Waals surface area contributed by atoms with Crippen molar-refractivity contribution in [1.82, 2.24) is 9.88 Å². The van der Waals surface area contributed by atoms with Crippen molar-refractivity contribution in [2.75, 3.05) is 23.9 Å². The first-order valence-electron chi connectivity index (χ1n) is 7.86. The van der Waals surface area contributed by atoms with Gasteiger partial charge in [-0.2, -0.15) is 0 Å². The third-order valence-corrected chi connectivity index (χ3v) is 7.04. The maximum atomic E-state index is 12.6. The highest BCUT2D eigenvalue weighted by molar-refractivity contribution is 7.91. The number of aryl methyl sites for hydroxylation is 1. The summed E-state index contributed by atoms with van der Waals surface area (Å²) >= 11 is 1.62. The molecule has 130 valence electrons. The summed E-state index contributed by atoms with van der Waals surface area (Å²) in [5, 5.41) is 4.21. The second kappa shape index (κ2) is 6.33. The SMILES string of the molecule is Cc1nc2ccc(N[C@@H](C)C(=O)N(C)[C@H]3CCS(=O)(=O)C3)cc2s1. The van der Waals surface area contributed by atoms with Crippen LogP contribution in [0.5, 0.6) is 0 Å². The molecule has 24 heavy (non-hydrogen) atoms. The summed E-state index contributed by atoms with van der Waals surface area (Å²) in [4.78, 5) is 18.6. The molecule has 2 atom stereocenters. The normalized spacial score (nSPS) is 20.9. The number of fused-ring (bicyclic) bond motifs is 1. The molecule has 0 spiro atoms. The predicted molar refractivity (Wildman–Crippen MR) is 97.3 cm³/mol. The van der Waals surface area contributed by atoms with Crippen molar-refractivity contribution in [3.8, 4) is 0 Å². The van der Waals surface area contributed by atoms with Crippen molar-refractivity contribution in [2.45, 2.75) is 32.4 Å².